The van der Waals surface area contributed by atoms with Crippen LogP contribution in [0.3, 0.4) is 0 Å². The van der Waals surface area contributed by atoms with Crippen molar-refractivity contribution < 1.29 is 0 Å². The summed E-state index contributed by atoms with van der Waals surface area (Å²) in [4.78, 5) is 8.54. The van der Waals surface area contributed by atoms with E-state index in [2.05, 4.69) is 16.4 Å². The molecule has 1 aromatic heterocycles. The van der Waals surface area contributed by atoms with Crippen LogP contribution in [-0.4, -0.2) is 9.97 Å². The van der Waals surface area contributed by atoms with Gasteiger partial charge in [0.2, 0.25) is 0 Å². The molecule has 2 nitrogen and oxygen atoms in total. The van der Waals surface area contributed by atoms with Crippen LogP contribution in [0.25, 0.3) is 0 Å². The third-order valence-corrected chi connectivity index (χ3v) is 2.36. The van der Waals surface area contributed by atoms with E-state index in [9.17, 15) is 0 Å². The van der Waals surface area contributed by atoms with E-state index in [0.29, 0.717) is 5.92 Å². The van der Waals surface area contributed by atoms with Gasteiger partial charge in [-0.2, -0.15) is 0 Å². The maximum atomic E-state index is 4.27. The summed E-state index contributed by atoms with van der Waals surface area (Å²) < 4.78 is 0. The lowest BCUT2D eigenvalue weighted by atomic mass is 9.89. The lowest BCUT2D eigenvalue weighted by Crippen LogP contribution is -2.08. The Kier molecular flexibility index (Phi) is 2.26. The van der Waals surface area contributed by atoms with Crippen LogP contribution >= 0.6 is 0 Å². The summed E-state index contributed by atoms with van der Waals surface area (Å²) >= 11 is 0. The Morgan fingerprint density at radius 2 is 2.17 bits per heavy atom. The Hall–Kier alpha value is -1.05. The molecule has 0 saturated heterocycles. The molecule has 1 saturated carbocycles. The highest BCUT2D eigenvalue weighted by molar-refractivity contribution is 5.00. The van der Waals surface area contributed by atoms with Gasteiger partial charge in [0.25, 0.3) is 0 Å². The second kappa shape index (κ2) is 3.57. The lowest BCUT2D eigenvalue weighted by molar-refractivity contribution is 0.496. The van der Waals surface area contributed by atoms with Crippen molar-refractivity contribution in [3.8, 4) is 0 Å². The quantitative estimate of drug-likeness (QED) is 0.591. The van der Waals surface area contributed by atoms with E-state index in [1.807, 2.05) is 18.5 Å². The fourth-order valence-corrected chi connectivity index (χ4v) is 1.70. The molecule has 1 heterocycles. The van der Waals surface area contributed by atoms with Crippen molar-refractivity contribution in [3.63, 3.8) is 0 Å². The molecular weight excluding hydrogens is 148 g/mol. The molecule has 1 fully saturated rings. The van der Waals surface area contributed by atoms with Gasteiger partial charge in [-0.15, -0.1) is 0 Å². The number of nitrogens with zero attached hydrogens (tertiary/aromatic N) is 2. The summed E-state index contributed by atoms with van der Waals surface area (Å²) in [5.74, 6) is 1.61. The van der Waals surface area contributed by atoms with Crippen molar-refractivity contribution in [1.29, 1.82) is 0 Å². The molecule has 2 rings (SSSR count). The van der Waals surface area contributed by atoms with E-state index >= 15 is 0 Å². The average molecular weight is 161 g/mol. The zero-order chi connectivity index (χ0) is 8.23. The van der Waals surface area contributed by atoms with Gasteiger partial charge in [-0.3, -0.25) is 0 Å². The Balaban J connectivity index is 2.08. The van der Waals surface area contributed by atoms with E-state index in [0.717, 1.165) is 12.2 Å². The topological polar surface area (TPSA) is 25.8 Å². The van der Waals surface area contributed by atoms with Crippen LogP contribution < -0.4 is 0 Å². The fourth-order valence-electron chi connectivity index (χ4n) is 1.70. The Bertz CT molecular complexity index is 227. The van der Waals surface area contributed by atoms with Gasteiger partial charge < -0.3 is 0 Å². The number of aromatic nitrogens is 2. The summed E-state index contributed by atoms with van der Waals surface area (Å²) in [6.45, 7) is 0. The van der Waals surface area contributed by atoms with E-state index in [1.54, 1.807) is 0 Å². The Morgan fingerprint density at radius 3 is 2.83 bits per heavy atom. The van der Waals surface area contributed by atoms with Gasteiger partial charge in [-0.1, -0.05) is 0 Å². The second-order valence-electron chi connectivity index (χ2n) is 3.26. The van der Waals surface area contributed by atoms with Crippen molar-refractivity contribution in [1.82, 2.24) is 9.97 Å². The van der Waals surface area contributed by atoms with E-state index in [1.165, 1.54) is 19.3 Å². The molecule has 1 aliphatic rings. The molecular formula is C10H13N2+. The first-order chi connectivity index (χ1) is 5.97. The summed E-state index contributed by atoms with van der Waals surface area (Å²) in [5.41, 5.74) is 0. The zero-order valence-electron chi connectivity index (χ0n) is 7.11. The fraction of sp³-hybridized carbons (Fsp3) is 0.500. The average Bonchev–Trinajstić information content (AvgIpc) is 2.21. The van der Waals surface area contributed by atoms with Gasteiger partial charge >= 0.3 is 0 Å². The maximum Gasteiger partial charge on any atom is 0.135 e. The van der Waals surface area contributed by atoms with Crippen LogP contribution in [0.1, 0.15) is 37.4 Å². The van der Waals surface area contributed by atoms with E-state index in [-0.39, 0.29) is 0 Å². The molecule has 0 amide bonds. The molecule has 1 aromatic rings. The van der Waals surface area contributed by atoms with Crippen molar-refractivity contribution in [2.24, 2.45) is 0 Å². The normalized spacial score (nSPS) is 23.2. The van der Waals surface area contributed by atoms with Crippen molar-refractivity contribution in [2.75, 3.05) is 0 Å². The standard InChI is InChI=1S/C10H13N2/c1-2-5-9(6-3-1)10-11-7-4-8-12-10/h2,4,7-9H,1,3,5-6H2/q+1/t9-/m1/s1. The highest BCUT2D eigenvalue weighted by Gasteiger charge is 2.22. The molecule has 0 aliphatic heterocycles. The summed E-state index contributed by atoms with van der Waals surface area (Å²) in [5, 5.41) is 0. The van der Waals surface area contributed by atoms with Gasteiger partial charge in [-0.25, -0.2) is 9.97 Å². The van der Waals surface area contributed by atoms with Crippen LogP contribution in [0.4, 0.5) is 0 Å². The molecule has 2 heteroatoms. The van der Waals surface area contributed by atoms with Crippen LogP contribution in [0.5, 0.6) is 0 Å². The minimum atomic E-state index is 0.583. The number of hydrogen-bond acceptors (Lipinski definition) is 2. The molecule has 12 heavy (non-hydrogen) atoms. The largest absolute Gasteiger partial charge is 0.241 e. The molecule has 0 unspecified atom stereocenters. The predicted molar refractivity (Wildman–Crippen MR) is 47.5 cm³/mol. The second-order valence-corrected chi connectivity index (χ2v) is 3.26. The van der Waals surface area contributed by atoms with Crippen molar-refractivity contribution in [3.05, 3.63) is 30.7 Å². The van der Waals surface area contributed by atoms with Crippen LogP contribution in [0.2, 0.25) is 0 Å². The van der Waals surface area contributed by atoms with Crippen molar-refractivity contribution in [2.45, 2.75) is 31.6 Å². The van der Waals surface area contributed by atoms with E-state index in [4.69, 9.17) is 0 Å². The summed E-state index contributed by atoms with van der Waals surface area (Å²) in [6, 6.07) is 1.87. The van der Waals surface area contributed by atoms with Gasteiger partial charge in [0, 0.05) is 12.4 Å². The number of rotatable bonds is 1. The third-order valence-electron chi connectivity index (χ3n) is 2.36. The van der Waals surface area contributed by atoms with Crippen molar-refractivity contribution >= 4 is 0 Å². The first kappa shape index (κ1) is 7.59. The summed E-state index contributed by atoms with van der Waals surface area (Å²) in [7, 11) is 0. The predicted octanol–water partition coefficient (Wildman–Crippen LogP) is 2.34. The van der Waals surface area contributed by atoms with Gasteiger partial charge in [0.1, 0.15) is 5.82 Å². The third kappa shape index (κ3) is 1.58. The van der Waals surface area contributed by atoms with Crippen LogP contribution in [0.15, 0.2) is 18.5 Å². The van der Waals surface area contributed by atoms with Gasteiger partial charge in [-0.05, 0) is 18.9 Å². The Morgan fingerprint density at radius 1 is 1.33 bits per heavy atom. The first-order valence-electron chi connectivity index (χ1n) is 4.55. The summed E-state index contributed by atoms with van der Waals surface area (Å²) in [6.07, 6.45) is 11.0. The molecule has 0 aromatic carbocycles. The molecule has 62 valence electrons. The molecule has 1 atom stereocenters. The molecule has 1 aliphatic carbocycles. The first-order valence-corrected chi connectivity index (χ1v) is 4.55. The lowest BCUT2D eigenvalue weighted by Gasteiger charge is -2.13. The highest BCUT2D eigenvalue weighted by Crippen LogP contribution is 2.29. The monoisotopic (exact) mass is 161 g/mol. The highest BCUT2D eigenvalue weighted by atomic mass is 14.9. The Labute approximate surface area is 73.1 Å². The molecule has 0 spiro atoms. The maximum absolute atomic E-state index is 4.27. The number of hydrogen-bond donors (Lipinski definition) is 0. The van der Waals surface area contributed by atoms with Gasteiger partial charge in [0.15, 0.2) is 0 Å². The zero-order valence-corrected chi connectivity index (χ0v) is 7.11. The SMILES string of the molecule is c1cnc([C@@H]2C[CH+]CCC2)nc1. The smallest absolute Gasteiger partial charge is 0.135 e. The molecule has 0 N–H and O–H groups in total. The van der Waals surface area contributed by atoms with Gasteiger partial charge in [0.05, 0.1) is 25.2 Å². The molecule has 0 radical (unpaired) electrons. The van der Waals surface area contributed by atoms with Crippen LogP contribution in [0, 0.1) is 6.42 Å². The van der Waals surface area contributed by atoms with E-state index < -0.39 is 0 Å². The minimum absolute atomic E-state index is 0.583. The van der Waals surface area contributed by atoms with Crippen LogP contribution in [-0.2, 0) is 0 Å². The minimum Gasteiger partial charge on any atom is -0.241 e. The molecule has 0 bridgehead atoms.